The lowest BCUT2D eigenvalue weighted by molar-refractivity contribution is -0.126. The van der Waals surface area contributed by atoms with Gasteiger partial charge in [-0.3, -0.25) is 4.79 Å². The Morgan fingerprint density at radius 1 is 1.12 bits per heavy atom. The third-order valence-electron chi connectivity index (χ3n) is 5.74. The molecule has 9 heteroatoms. The second kappa shape index (κ2) is 10.7. The van der Waals surface area contributed by atoms with Crippen LogP contribution in [0, 0.1) is 5.92 Å². The van der Waals surface area contributed by atoms with E-state index in [9.17, 15) is 13.2 Å². The number of hydrogen-bond acceptors (Lipinski definition) is 5. The lowest BCUT2D eigenvalue weighted by Crippen LogP contribution is -2.43. The van der Waals surface area contributed by atoms with Gasteiger partial charge in [-0.2, -0.15) is 0 Å². The van der Waals surface area contributed by atoms with Gasteiger partial charge in [0.05, 0.1) is 26.0 Å². The predicted octanol–water partition coefficient (Wildman–Crippen LogP) is 3.89. The highest BCUT2D eigenvalue weighted by Gasteiger charge is 2.32. The molecule has 0 saturated carbocycles. The minimum atomic E-state index is -3.43. The SMILES string of the molecule is COc1ccc(OC)c([C@H](C)NC(=O)C2CCN(S(=O)(=O)Cc3ccc(Br)cc3)CC2)c1. The fraction of sp³-hybridized carbons (Fsp3) is 0.435. The van der Waals surface area contributed by atoms with Gasteiger partial charge in [0.25, 0.3) is 0 Å². The lowest BCUT2D eigenvalue weighted by Gasteiger charge is -2.31. The van der Waals surface area contributed by atoms with Crippen molar-refractivity contribution in [2.45, 2.75) is 31.6 Å². The van der Waals surface area contributed by atoms with Crippen molar-refractivity contribution >= 4 is 31.9 Å². The molecule has 32 heavy (non-hydrogen) atoms. The second-order valence-corrected chi connectivity index (χ2v) is 10.8. The van der Waals surface area contributed by atoms with Crippen molar-refractivity contribution in [3.05, 3.63) is 58.1 Å². The molecule has 174 valence electrons. The fourth-order valence-corrected chi connectivity index (χ4v) is 5.69. The Kier molecular flexibility index (Phi) is 8.19. The van der Waals surface area contributed by atoms with Crippen LogP contribution in [-0.2, 0) is 20.6 Å². The molecule has 1 N–H and O–H groups in total. The number of sulfonamides is 1. The number of carbonyl (C=O) groups is 1. The summed E-state index contributed by atoms with van der Waals surface area (Å²) in [5, 5.41) is 3.04. The number of nitrogens with zero attached hydrogens (tertiary/aromatic N) is 1. The maximum atomic E-state index is 12.9. The van der Waals surface area contributed by atoms with E-state index in [2.05, 4.69) is 21.2 Å². The smallest absolute Gasteiger partial charge is 0.223 e. The van der Waals surface area contributed by atoms with E-state index in [1.807, 2.05) is 31.2 Å². The summed E-state index contributed by atoms with van der Waals surface area (Å²) >= 11 is 3.36. The molecule has 1 aliphatic heterocycles. The molecule has 7 nitrogen and oxygen atoms in total. The molecule has 0 aliphatic carbocycles. The molecule has 1 amide bonds. The zero-order valence-electron chi connectivity index (χ0n) is 18.5. The molecule has 0 unspecified atom stereocenters. The van der Waals surface area contributed by atoms with Gasteiger partial charge in [-0.05, 0) is 55.7 Å². The van der Waals surface area contributed by atoms with Crippen molar-refractivity contribution in [1.82, 2.24) is 9.62 Å². The topological polar surface area (TPSA) is 84.9 Å². The number of ether oxygens (including phenoxy) is 2. The first-order valence-corrected chi connectivity index (χ1v) is 12.9. The minimum Gasteiger partial charge on any atom is -0.497 e. The summed E-state index contributed by atoms with van der Waals surface area (Å²) in [6.45, 7) is 2.58. The van der Waals surface area contributed by atoms with Crippen molar-refractivity contribution in [2.75, 3.05) is 27.3 Å². The molecule has 1 aliphatic rings. The molecule has 1 saturated heterocycles. The lowest BCUT2D eigenvalue weighted by atomic mass is 9.96. The summed E-state index contributed by atoms with van der Waals surface area (Å²) in [4.78, 5) is 12.9. The molecule has 0 bridgehead atoms. The van der Waals surface area contributed by atoms with Gasteiger partial charge in [0.1, 0.15) is 11.5 Å². The molecular weight excluding hydrogens is 496 g/mol. The number of piperidine rings is 1. The number of amides is 1. The number of benzene rings is 2. The summed E-state index contributed by atoms with van der Waals surface area (Å²) in [6, 6.07) is 12.5. The zero-order valence-corrected chi connectivity index (χ0v) is 20.9. The third-order valence-corrected chi connectivity index (χ3v) is 8.12. The zero-order chi connectivity index (χ0) is 23.3. The second-order valence-electron chi connectivity index (χ2n) is 7.89. The average molecular weight is 525 g/mol. The number of methoxy groups -OCH3 is 2. The average Bonchev–Trinajstić information content (AvgIpc) is 2.80. The van der Waals surface area contributed by atoms with Crippen LogP contribution in [0.3, 0.4) is 0 Å². The monoisotopic (exact) mass is 524 g/mol. The Morgan fingerprint density at radius 2 is 1.78 bits per heavy atom. The number of nitrogens with one attached hydrogen (secondary N) is 1. The summed E-state index contributed by atoms with van der Waals surface area (Å²) in [5.74, 6) is 1.02. The van der Waals surface area contributed by atoms with Crippen molar-refractivity contribution < 1.29 is 22.7 Å². The minimum absolute atomic E-state index is 0.0379. The predicted molar refractivity (Wildman–Crippen MR) is 127 cm³/mol. The molecule has 1 fully saturated rings. The molecule has 0 spiro atoms. The Balaban J connectivity index is 1.58. The summed E-state index contributed by atoms with van der Waals surface area (Å²) in [7, 11) is -0.247. The van der Waals surface area contributed by atoms with Crippen LogP contribution in [0.5, 0.6) is 11.5 Å². The van der Waals surface area contributed by atoms with Crippen molar-refractivity contribution in [3.63, 3.8) is 0 Å². The molecule has 2 aromatic rings. The first-order chi connectivity index (χ1) is 15.2. The van der Waals surface area contributed by atoms with E-state index in [-0.39, 0.29) is 23.6 Å². The Labute approximate surface area is 198 Å². The van der Waals surface area contributed by atoms with E-state index >= 15 is 0 Å². The summed E-state index contributed by atoms with van der Waals surface area (Å²) < 4.78 is 38.7. The Bertz CT molecular complexity index is 1030. The van der Waals surface area contributed by atoms with Crippen LogP contribution in [0.1, 0.15) is 36.9 Å². The molecule has 0 aromatic heterocycles. The van der Waals surface area contributed by atoms with Crippen molar-refractivity contribution in [3.8, 4) is 11.5 Å². The third kappa shape index (κ3) is 6.02. The standard InChI is InChI=1S/C23H29BrN2O5S/c1-16(21-14-20(30-2)8-9-22(21)31-3)25-23(27)18-10-12-26(13-11-18)32(28,29)15-17-4-6-19(24)7-5-17/h4-9,14,16,18H,10-13,15H2,1-3H3,(H,25,27)/t16-/m0/s1. The van der Waals surface area contributed by atoms with Crippen LogP contribution in [0.2, 0.25) is 0 Å². The maximum Gasteiger partial charge on any atom is 0.223 e. The number of halogens is 1. The molecule has 2 aromatic carbocycles. The van der Waals surface area contributed by atoms with E-state index in [1.54, 1.807) is 32.4 Å². The molecular formula is C23H29BrN2O5S. The van der Waals surface area contributed by atoms with E-state index in [4.69, 9.17) is 9.47 Å². The number of hydrogen-bond donors (Lipinski definition) is 1. The molecule has 1 atom stereocenters. The van der Waals surface area contributed by atoms with Gasteiger partial charge in [0.2, 0.25) is 15.9 Å². The highest BCUT2D eigenvalue weighted by molar-refractivity contribution is 9.10. The van der Waals surface area contributed by atoms with Gasteiger partial charge >= 0.3 is 0 Å². The first kappa shape index (κ1) is 24.5. The molecule has 3 rings (SSSR count). The van der Waals surface area contributed by atoms with Crippen LogP contribution in [0.25, 0.3) is 0 Å². The van der Waals surface area contributed by atoms with Gasteiger partial charge in [-0.15, -0.1) is 0 Å². The number of rotatable bonds is 8. The van der Waals surface area contributed by atoms with Crippen molar-refractivity contribution in [2.24, 2.45) is 5.92 Å². The van der Waals surface area contributed by atoms with Crippen LogP contribution < -0.4 is 14.8 Å². The Hall–Kier alpha value is -2.10. The Morgan fingerprint density at radius 3 is 2.38 bits per heavy atom. The quantitative estimate of drug-likeness (QED) is 0.566. The largest absolute Gasteiger partial charge is 0.497 e. The number of carbonyl (C=O) groups excluding carboxylic acids is 1. The van der Waals surface area contributed by atoms with Crippen LogP contribution in [0.15, 0.2) is 46.9 Å². The normalized spacial score (nSPS) is 16.4. The van der Waals surface area contributed by atoms with Gasteiger partial charge in [0, 0.05) is 29.0 Å². The van der Waals surface area contributed by atoms with Crippen LogP contribution >= 0.6 is 15.9 Å². The van der Waals surface area contributed by atoms with Crippen LogP contribution in [-0.4, -0.2) is 45.9 Å². The van der Waals surface area contributed by atoms with Gasteiger partial charge < -0.3 is 14.8 Å². The van der Waals surface area contributed by atoms with Gasteiger partial charge in [-0.1, -0.05) is 28.1 Å². The fourth-order valence-electron chi connectivity index (χ4n) is 3.87. The maximum absolute atomic E-state index is 12.9. The van der Waals surface area contributed by atoms with Gasteiger partial charge in [-0.25, -0.2) is 12.7 Å². The summed E-state index contributed by atoms with van der Waals surface area (Å²) in [6.07, 6.45) is 0.987. The highest BCUT2D eigenvalue weighted by Crippen LogP contribution is 2.30. The van der Waals surface area contributed by atoms with E-state index < -0.39 is 10.0 Å². The van der Waals surface area contributed by atoms with E-state index in [0.717, 1.165) is 15.6 Å². The van der Waals surface area contributed by atoms with E-state index in [1.165, 1.54) is 4.31 Å². The highest BCUT2D eigenvalue weighted by atomic mass is 79.9. The van der Waals surface area contributed by atoms with Gasteiger partial charge in [0.15, 0.2) is 0 Å². The molecule has 0 radical (unpaired) electrons. The first-order valence-electron chi connectivity index (χ1n) is 10.5. The molecule has 1 heterocycles. The summed E-state index contributed by atoms with van der Waals surface area (Å²) in [5.41, 5.74) is 1.57. The van der Waals surface area contributed by atoms with E-state index in [0.29, 0.717) is 37.4 Å². The van der Waals surface area contributed by atoms with Crippen molar-refractivity contribution in [1.29, 1.82) is 0 Å². The van der Waals surface area contributed by atoms with Crippen LogP contribution in [0.4, 0.5) is 0 Å².